The van der Waals surface area contributed by atoms with Gasteiger partial charge in [-0.05, 0) is 50.5 Å². The van der Waals surface area contributed by atoms with Gasteiger partial charge in [-0.15, -0.1) is 13.2 Å². The average Bonchev–Trinajstić information content (AvgIpc) is 3.37. The Labute approximate surface area is 257 Å². The third-order valence-electron chi connectivity index (χ3n) is 7.21. The smallest absolute Gasteiger partial charge is 0.497 e. The first-order valence-electron chi connectivity index (χ1n) is 13.6. The van der Waals surface area contributed by atoms with E-state index in [-0.39, 0.29) is 19.6 Å². The van der Waals surface area contributed by atoms with Crippen LogP contribution in [0.5, 0.6) is 23.0 Å². The molecule has 0 spiro atoms. The summed E-state index contributed by atoms with van der Waals surface area (Å²) in [5.41, 5.74) is 0.829. The lowest BCUT2D eigenvalue weighted by atomic mass is 9.90. The number of nitrogens with zero attached hydrogens (tertiary/aromatic N) is 1. The molecule has 3 aromatic rings. The minimum absolute atomic E-state index is 0.103. The molecule has 1 heterocycles. The number of carboxylic acid groups (broad SMARTS) is 1. The van der Waals surface area contributed by atoms with Crippen LogP contribution in [0.4, 0.5) is 24.5 Å². The third kappa shape index (κ3) is 7.79. The lowest BCUT2D eigenvalue weighted by Gasteiger charge is -2.27. The normalized spacial score (nSPS) is 13.6. The Morgan fingerprint density at radius 3 is 2.39 bits per heavy atom. The highest BCUT2D eigenvalue weighted by atomic mass is 35.5. The van der Waals surface area contributed by atoms with Gasteiger partial charge in [-0.2, -0.15) is 0 Å². The molecule has 4 rings (SSSR count). The molecule has 1 aliphatic heterocycles. The van der Waals surface area contributed by atoms with E-state index >= 15 is 0 Å². The monoisotopic (exact) mass is 636 g/mol. The number of benzene rings is 3. The van der Waals surface area contributed by atoms with Crippen LogP contribution in [0.3, 0.4) is 0 Å². The zero-order valence-corrected chi connectivity index (χ0v) is 25.2. The van der Waals surface area contributed by atoms with Crippen LogP contribution in [0.25, 0.3) is 0 Å². The van der Waals surface area contributed by atoms with Gasteiger partial charge in [0, 0.05) is 47.1 Å². The van der Waals surface area contributed by atoms with Gasteiger partial charge < -0.3 is 34.3 Å². The lowest BCUT2D eigenvalue weighted by Crippen LogP contribution is -2.37. The molecule has 0 saturated carbocycles. The Bertz CT molecular complexity index is 1530. The third-order valence-corrected chi connectivity index (χ3v) is 7.44. The van der Waals surface area contributed by atoms with Gasteiger partial charge in [-0.1, -0.05) is 23.7 Å². The van der Waals surface area contributed by atoms with E-state index in [0.717, 1.165) is 0 Å². The standard InChI is InChI=1S/C31H32ClF3N2O7/c1-30(2,29(39)40)10-12-43-23-15-20(14-22(16-23)41-3)36-27(24-8-6-19(32)13-26(24)42-4)28(38)37-11-9-18-5-7-21(17-25(18)37)44-31(33,34)35/h5-8,13-17,27,36H,9-12H2,1-4H3,(H,39,40). The number of rotatable bonds is 12. The fraction of sp³-hybridized carbons (Fsp3) is 0.355. The Morgan fingerprint density at radius 2 is 1.73 bits per heavy atom. The van der Waals surface area contributed by atoms with Crippen molar-refractivity contribution in [3.05, 3.63) is 70.7 Å². The predicted octanol–water partition coefficient (Wildman–Crippen LogP) is 6.88. The Morgan fingerprint density at radius 1 is 1.00 bits per heavy atom. The van der Waals surface area contributed by atoms with Crippen LogP contribution >= 0.6 is 11.6 Å². The number of aliphatic carboxylic acids is 1. The summed E-state index contributed by atoms with van der Waals surface area (Å²) in [6.07, 6.45) is -4.22. The van der Waals surface area contributed by atoms with Crippen LogP contribution in [-0.4, -0.2) is 50.7 Å². The second kappa shape index (κ2) is 13.1. The van der Waals surface area contributed by atoms with Crippen LogP contribution in [0, 0.1) is 5.41 Å². The van der Waals surface area contributed by atoms with Gasteiger partial charge in [0.1, 0.15) is 29.0 Å². The number of fused-ring (bicyclic) bond motifs is 1. The van der Waals surface area contributed by atoms with Crippen LogP contribution in [0.1, 0.15) is 37.4 Å². The maximum absolute atomic E-state index is 14.2. The second-order valence-corrected chi connectivity index (χ2v) is 11.2. The van der Waals surface area contributed by atoms with Crippen molar-refractivity contribution in [1.82, 2.24) is 0 Å². The number of nitrogens with one attached hydrogen (secondary N) is 1. The predicted molar refractivity (Wildman–Crippen MR) is 158 cm³/mol. The minimum Gasteiger partial charge on any atom is -0.497 e. The van der Waals surface area contributed by atoms with Crippen LogP contribution in [0.2, 0.25) is 5.02 Å². The van der Waals surface area contributed by atoms with Crippen molar-refractivity contribution in [2.75, 3.05) is 37.6 Å². The van der Waals surface area contributed by atoms with Gasteiger partial charge in [0.2, 0.25) is 0 Å². The molecule has 0 bridgehead atoms. The van der Waals surface area contributed by atoms with E-state index in [9.17, 15) is 27.9 Å². The highest BCUT2D eigenvalue weighted by Crippen LogP contribution is 2.39. The quantitative estimate of drug-likeness (QED) is 0.222. The van der Waals surface area contributed by atoms with Crippen molar-refractivity contribution >= 4 is 34.9 Å². The summed E-state index contributed by atoms with van der Waals surface area (Å²) in [5, 5.41) is 13.0. The summed E-state index contributed by atoms with van der Waals surface area (Å²) in [6.45, 7) is 3.53. The molecule has 1 amide bonds. The highest BCUT2D eigenvalue weighted by Gasteiger charge is 2.35. The van der Waals surface area contributed by atoms with Gasteiger partial charge in [-0.3, -0.25) is 9.59 Å². The number of methoxy groups -OCH3 is 2. The van der Waals surface area contributed by atoms with E-state index in [0.29, 0.717) is 51.2 Å². The van der Waals surface area contributed by atoms with E-state index < -0.39 is 35.4 Å². The molecular formula is C31H32ClF3N2O7. The maximum atomic E-state index is 14.2. The first kappa shape index (κ1) is 32.6. The van der Waals surface area contributed by atoms with Crippen LogP contribution in [-0.2, 0) is 16.0 Å². The summed E-state index contributed by atoms with van der Waals surface area (Å²) < 4.78 is 59.7. The molecule has 9 nitrogen and oxygen atoms in total. The fourth-order valence-corrected chi connectivity index (χ4v) is 4.85. The van der Waals surface area contributed by atoms with E-state index in [2.05, 4.69) is 10.1 Å². The molecule has 0 saturated heterocycles. The van der Waals surface area contributed by atoms with Gasteiger partial charge in [-0.25, -0.2) is 0 Å². The van der Waals surface area contributed by atoms with Gasteiger partial charge in [0.05, 0.1) is 31.9 Å². The number of hydrogen-bond donors (Lipinski definition) is 2. The van der Waals surface area contributed by atoms with Gasteiger partial charge >= 0.3 is 12.3 Å². The summed E-state index contributed by atoms with van der Waals surface area (Å²) in [5.74, 6) is -0.785. The largest absolute Gasteiger partial charge is 0.573 e. The molecule has 2 N–H and O–H groups in total. The molecule has 236 valence electrons. The van der Waals surface area contributed by atoms with E-state index in [1.54, 1.807) is 50.2 Å². The molecule has 3 aromatic carbocycles. The molecule has 1 aliphatic rings. The number of carboxylic acids is 1. The van der Waals surface area contributed by atoms with Gasteiger partial charge in [0.25, 0.3) is 5.91 Å². The summed E-state index contributed by atoms with van der Waals surface area (Å²) in [6, 6.07) is 12.5. The van der Waals surface area contributed by atoms with Gasteiger partial charge in [0.15, 0.2) is 0 Å². The van der Waals surface area contributed by atoms with Crippen molar-refractivity contribution < 1.29 is 46.8 Å². The molecule has 0 aromatic heterocycles. The van der Waals surface area contributed by atoms with E-state index in [4.69, 9.17) is 25.8 Å². The Balaban J connectivity index is 1.69. The Hall–Kier alpha value is -4.32. The minimum atomic E-state index is -4.89. The first-order chi connectivity index (χ1) is 20.7. The Kier molecular flexibility index (Phi) is 9.72. The molecule has 13 heteroatoms. The van der Waals surface area contributed by atoms with Crippen molar-refractivity contribution in [1.29, 1.82) is 0 Å². The number of halogens is 4. The van der Waals surface area contributed by atoms with E-state index in [1.807, 2.05) is 0 Å². The van der Waals surface area contributed by atoms with Crippen LogP contribution < -0.4 is 29.2 Å². The highest BCUT2D eigenvalue weighted by molar-refractivity contribution is 6.30. The number of carbonyl (C=O) groups is 2. The molecule has 0 aliphatic carbocycles. The molecular weight excluding hydrogens is 605 g/mol. The maximum Gasteiger partial charge on any atom is 0.573 e. The van der Waals surface area contributed by atoms with Crippen molar-refractivity contribution in [2.45, 2.75) is 39.1 Å². The number of ether oxygens (including phenoxy) is 4. The van der Waals surface area contributed by atoms with Crippen molar-refractivity contribution in [2.24, 2.45) is 5.41 Å². The topological polar surface area (TPSA) is 107 Å². The average molecular weight is 637 g/mol. The number of alkyl halides is 3. The zero-order valence-electron chi connectivity index (χ0n) is 24.5. The van der Waals surface area contributed by atoms with Crippen molar-refractivity contribution in [3.63, 3.8) is 0 Å². The van der Waals surface area contributed by atoms with Crippen molar-refractivity contribution in [3.8, 4) is 23.0 Å². The summed E-state index contributed by atoms with van der Waals surface area (Å²) in [4.78, 5) is 27.1. The first-order valence-corrected chi connectivity index (χ1v) is 13.9. The number of anilines is 2. The SMILES string of the molecule is COc1cc(NC(C(=O)N2CCc3ccc(OC(F)(F)F)cc32)c2ccc(Cl)cc2OC)cc(OCCC(C)(C)C(=O)O)c1. The lowest BCUT2D eigenvalue weighted by molar-refractivity contribution is -0.274. The molecule has 0 radical (unpaired) electrons. The van der Waals surface area contributed by atoms with E-state index in [1.165, 1.54) is 37.3 Å². The van der Waals surface area contributed by atoms with Crippen LogP contribution in [0.15, 0.2) is 54.6 Å². The summed E-state index contributed by atoms with van der Waals surface area (Å²) in [7, 11) is 2.89. The second-order valence-electron chi connectivity index (χ2n) is 10.7. The molecule has 44 heavy (non-hydrogen) atoms. The summed E-state index contributed by atoms with van der Waals surface area (Å²) >= 11 is 6.19. The molecule has 0 fully saturated rings. The zero-order chi connectivity index (χ0) is 32.2. The number of carbonyl (C=O) groups excluding carboxylic acids is 1. The molecule has 1 unspecified atom stereocenters. The fourth-order valence-electron chi connectivity index (χ4n) is 4.69. The number of amides is 1. The number of hydrogen-bond acceptors (Lipinski definition) is 7. The molecule has 1 atom stereocenters.